The van der Waals surface area contributed by atoms with Gasteiger partial charge in [-0.1, -0.05) is 223 Å². The maximum Gasteiger partial charge on any atom is 0.306 e. The van der Waals surface area contributed by atoms with Gasteiger partial charge >= 0.3 is 17.9 Å². The molecule has 0 aromatic heterocycles. The summed E-state index contributed by atoms with van der Waals surface area (Å²) in [4.78, 5) is 38.0. The third-order valence-electron chi connectivity index (χ3n) is 11.6. The number of carbonyl (C=O) groups excluding carboxylic acids is 3. The van der Waals surface area contributed by atoms with Crippen LogP contribution in [0.4, 0.5) is 0 Å². The molecule has 0 saturated heterocycles. The van der Waals surface area contributed by atoms with Crippen LogP contribution in [0, 0.1) is 0 Å². The van der Waals surface area contributed by atoms with Gasteiger partial charge in [0.25, 0.3) is 0 Å². The fourth-order valence-corrected chi connectivity index (χ4v) is 7.57. The van der Waals surface area contributed by atoms with Crippen LogP contribution in [0.2, 0.25) is 0 Å². The molecule has 0 aromatic carbocycles. The summed E-state index contributed by atoms with van der Waals surface area (Å²) in [7, 11) is 0. The Balaban J connectivity index is 4.37. The van der Waals surface area contributed by atoms with Gasteiger partial charge in [0.05, 0.1) is 0 Å². The zero-order valence-electron chi connectivity index (χ0n) is 41.1. The van der Waals surface area contributed by atoms with Gasteiger partial charge < -0.3 is 14.2 Å². The van der Waals surface area contributed by atoms with E-state index in [2.05, 4.69) is 69.4 Å². The molecule has 0 aromatic rings. The highest BCUT2D eigenvalue weighted by molar-refractivity contribution is 5.71. The van der Waals surface area contributed by atoms with Crippen LogP contribution in [-0.4, -0.2) is 37.2 Å². The molecule has 6 nitrogen and oxygen atoms in total. The summed E-state index contributed by atoms with van der Waals surface area (Å²) in [5.41, 5.74) is 0. The summed E-state index contributed by atoms with van der Waals surface area (Å²) in [6, 6.07) is 0. The monoisotopic (exact) mass is 869 g/mol. The van der Waals surface area contributed by atoms with Crippen LogP contribution in [0.25, 0.3) is 0 Å². The maximum absolute atomic E-state index is 12.8. The minimum atomic E-state index is -0.793. The van der Waals surface area contributed by atoms with Gasteiger partial charge in [-0.25, -0.2) is 0 Å². The molecule has 0 saturated carbocycles. The van der Waals surface area contributed by atoms with E-state index in [4.69, 9.17) is 14.2 Å². The second-order valence-corrected chi connectivity index (χ2v) is 17.8. The van der Waals surface area contributed by atoms with E-state index in [1.54, 1.807) is 0 Å². The van der Waals surface area contributed by atoms with Crippen molar-refractivity contribution >= 4 is 17.9 Å². The zero-order chi connectivity index (χ0) is 45.1. The summed E-state index contributed by atoms with van der Waals surface area (Å²) < 4.78 is 16.8. The molecule has 1 atom stereocenters. The molecule has 0 aliphatic rings. The third kappa shape index (κ3) is 48.4. The molecule has 0 spiro atoms. The first-order valence-corrected chi connectivity index (χ1v) is 26.6. The van der Waals surface area contributed by atoms with Gasteiger partial charge in [-0.15, -0.1) is 0 Å². The summed E-state index contributed by atoms with van der Waals surface area (Å²) in [5.74, 6) is -0.937. The number of esters is 3. The van der Waals surface area contributed by atoms with Crippen LogP contribution in [-0.2, 0) is 28.6 Å². The lowest BCUT2D eigenvalue weighted by atomic mass is 10.0. The van der Waals surface area contributed by atoms with Gasteiger partial charge in [-0.2, -0.15) is 0 Å². The third-order valence-corrected chi connectivity index (χ3v) is 11.6. The second kappa shape index (κ2) is 51.0. The van der Waals surface area contributed by atoms with Crippen molar-refractivity contribution in [3.05, 3.63) is 48.6 Å². The Bertz CT molecular complexity index is 1090. The number of allylic oxidation sites excluding steroid dienone is 8. The molecular weight excluding hydrogens is 769 g/mol. The molecule has 6 heteroatoms. The molecule has 0 aliphatic heterocycles. The lowest BCUT2D eigenvalue weighted by Gasteiger charge is -2.18. The molecule has 360 valence electrons. The summed E-state index contributed by atoms with van der Waals surface area (Å²) in [5, 5.41) is 0. The highest BCUT2D eigenvalue weighted by Gasteiger charge is 2.19. The number of hydrogen-bond acceptors (Lipinski definition) is 6. The fourth-order valence-electron chi connectivity index (χ4n) is 7.57. The fraction of sp³-hybridized carbons (Fsp3) is 0.804. The predicted molar refractivity (Wildman–Crippen MR) is 265 cm³/mol. The molecule has 0 rings (SSSR count). The highest BCUT2D eigenvalue weighted by Crippen LogP contribution is 2.16. The Morgan fingerprint density at radius 1 is 0.339 bits per heavy atom. The summed E-state index contributed by atoms with van der Waals surface area (Å²) in [6.45, 7) is 6.49. The Kier molecular flexibility index (Phi) is 48.8. The number of carbonyl (C=O) groups is 3. The van der Waals surface area contributed by atoms with E-state index in [9.17, 15) is 14.4 Å². The first-order chi connectivity index (χ1) is 30.5. The molecule has 0 bridgehead atoms. The van der Waals surface area contributed by atoms with Crippen LogP contribution in [0.15, 0.2) is 48.6 Å². The Morgan fingerprint density at radius 2 is 0.629 bits per heavy atom. The Labute approximate surface area is 384 Å². The predicted octanol–water partition coefficient (Wildman–Crippen LogP) is 17.5. The molecule has 62 heavy (non-hydrogen) atoms. The molecular formula is C56H100O6. The van der Waals surface area contributed by atoms with Crippen molar-refractivity contribution in [2.75, 3.05) is 13.2 Å². The van der Waals surface area contributed by atoms with Crippen LogP contribution >= 0.6 is 0 Å². The van der Waals surface area contributed by atoms with E-state index >= 15 is 0 Å². The first kappa shape index (κ1) is 59.4. The average molecular weight is 869 g/mol. The summed E-state index contributed by atoms with van der Waals surface area (Å²) >= 11 is 0. The van der Waals surface area contributed by atoms with Crippen molar-refractivity contribution in [2.45, 2.75) is 277 Å². The van der Waals surface area contributed by atoms with Gasteiger partial charge in [-0.05, 0) is 77.0 Å². The van der Waals surface area contributed by atoms with Crippen molar-refractivity contribution in [1.82, 2.24) is 0 Å². The quantitative estimate of drug-likeness (QED) is 0.0262. The maximum atomic E-state index is 12.8. The summed E-state index contributed by atoms with van der Waals surface area (Å²) in [6.07, 6.45) is 61.1. The molecule has 1 unspecified atom stereocenters. The number of unbranched alkanes of at least 4 members (excludes halogenated alkanes) is 29. The Hall–Kier alpha value is -2.63. The molecule has 0 N–H and O–H groups in total. The number of ether oxygens (including phenoxy) is 3. The van der Waals surface area contributed by atoms with E-state index in [0.717, 1.165) is 89.9 Å². The largest absolute Gasteiger partial charge is 0.462 e. The van der Waals surface area contributed by atoms with Crippen molar-refractivity contribution in [3.63, 3.8) is 0 Å². The smallest absolute Gasteiger partial charge is 0.306 e. The minimum absolute atomic E-state index is 0.0887. The zero-order valence-corrected chi connectivity index (χ0v) is 41.1. The minimum Gasteiger partial charge on any atom is -0.462 e. The Morgan fingerprint density at radius 3 is 1.05 bits per heavy atom. The van der Waals surface area contributed by atoms with E-state index in [-0.39, 0.29) is 31.1 Å². The van der Waals surface area contributed by atoms with Crippen molar-refractivity contribution in [3.8, 4) is 0 Å². The van der Waals surface area contributed by atoms with E-state index < -0.39 is 6.10 Å². The van der Waals surface area contributed by atoms with E-state index in [1.165, 1.54) is 141 Å². The lowest BCUT2D eigenvalue weighted by molar-refractivity contribution is -0.167. The van der Waals surface area contributed by atoms with Gasteiger partial charge in [-0.3, -0.25) is 14.4 Å². The van der Waals surface area contributed by atoms with Gasteiger partial charge in [0, 0.05) is 19.3 Å². The van der Waals surface area contributed by atoms with E-state index in [0.29, 0.717) is 19.3 Å². The van der Waals surface area contributed by atoms with Crippen LogP contribution in [0.3, 0.4) is 0 Å². The van der Waals surface area contributed by atoms with Gasteiger partial charge in [0.15, 0.2) is 6.10 Å². The molecule has 0 amide bonds. The lowest BCUT2D eigenvalue weighted by Crippen LogP contribution is -2.30. The highest BCUT2D eigenvalue weighted by atomic mass is 16.6. The van der Waals surface area contributed by atoms with E-state index in [1.807, 2.05) is 0 Å². The van der Waals surface area contributed by atoms with Crippen LogP contribution in [0.5, 0.6) is 0 Å². The van der Waals surface area contributed by atoms with Crippen molar-refractivity contribution in [1.29, 1.82) is 0 Å². The number of hydrogen-bond donors (Lipinski definition) is 0. The molecule has 0 aliphatic carbocycles. The second-order valence-electron chi connectivity index (χ2n) is 17.8. The molecule has 0 fully saturated rings. The topological polar surface area (TPSA) is 78.9 Å². The first-order valence-electron chi connectivity index (χ1n) is 26.6. The number of rotatable bonds is 48. The van der Waals surface area contributed by atoms with Crippen LogP contribution in [0.1, 0.15) is 271 Å². The SMILES string of the molecule is CC/C=C\C/C=C\C/C=C\CCCCC(=O)OCC(COC(=O)CCCCCCCCCCCCCCCCCCCC)OC(=O)CCCCC/C=C\CCCCCCCCC. The van der Waals surface area contributed by atoms with Gasteiger partial charge in [0.1, 0.15) is 13.2 Å². The molecule has 0 heterocycles. The molecule has 0 radical (unpaired) electrons. The average Bonchev–Trinajstić information content (AvgIpc) is 3.27. The normalized spacial score (nSPS) is 12.4. The van der Waals surface area contributed by atoms with Crippen molar-refractivity contribution < 1.29 is 28.6 Å². The standard InChI is InChI=1S/C56H100O6/c1-4-7-10-13-16-19-22-25-27-28-29-30-32-34-37-40-43-46-49-55(58)61-52-53(51-60-54(57)48-45-42-39-36-33-24-21-18-15-12-9-6-3)62-56(59)50-47-44-41-38-35-31-26-23-20-17-14-11-8-5-2/h9,12,18,21,31,33,35-36,53H,4-8,10-11,13-17,19-20,22-30,32,34,37-52H2,1-3H3/b12-9-,21-18-,35-31-,36-33-. The van der Waals surface area contributed by atoms with Crippen LogP contribution < -0.4 is 0 Å². The van der Waals surface area contributed by atoms with Crippen molar-refractivity contribution in [2.24, 2.45) is 0 Å². The van der Waals surface area contributed by atoms with Gasteiger partial charge in [0.2, 0.25) is 0 Å².